The number of carbonyl (C=O) groups excluding carboxylic acids is 5. The Kier molecular flexibility index (Phi) is 11.5. The monoisotopic (exact) mass is 480 g/mol. The first-order valence-corrected chi connectivity index (χ1v) is 12.9. The predicted molar refractivity (Wildman–Crippen MR) is 123 cm³/mol. The number of unbranched alkanes of at least 4 members (excludes halogenated alkanes) is 9. The molecule has 2 aliphatic rings. The molecule has 0 bridgehead atoms. The minimum Gasteiger partial charge on any atom is -0.293 e. The van der Waals surface area contributed by atoms with Crippen molar-refractivity contribution in [1.29, 1.82) is 0 Å². The van der Waals surface area contributed by atoms with Crippen molar-refractivity contribution in [2.75, 3.05) is 0 Å². The number of amides is 4. The number of imide groups is 2. The third-order valence-electron chi connectivity index (χ3n) is 6.86. The Bertz CT molecular complexity index is 739. The minimum atomic E-state index is -1.46. The molecule has 0 N–H and O–H groups in total. The fraction of sp³-hybridized carbons (Fsp3) is 0.800. The van der Waals surface area contributed by atoms with Crippen LogP contribution in [0.3, 0.4) is 0 Å². The summed E-state index contributed by atoms with van der Waals surface area (Å²) in [6.07, 6.45) is 12.0. The zero-order valence-corrected chi connectivity index (χ0v) is 20.9. The normalized spacial score (nSPS) is 21.5. The average molecular weight is 481 g/mol. The van der Waals surface area contributed by atoms with Gasteiger partial charge in [0, 0.05) is 12.8 Å². The molecule has 0 radical (unpaired) electrons. The summed E-state index contributed by atoms with van der Waals surface area (Å²) < 4.78 is 0. The minimum absolute atomic E-state index is 0.0258. The Morgan fingerprint density at radius 1 is 0.794 bits per heavy atom. The van der Waals surface area contributed by atoms with E-state index < -0.39 is 41.6 Å². The van der Waals surface area contributed by atoms with Gasteiger partial charge in [-0.1, -0.05) is 95.1 Å². The first-order valence-electron chi connectivity index (χ1n) is 12.9. The summed E-state index contributed by atoms with van der Waals surface area (Å²) >= 11 is 0. The van der Waals surface area contributed by atoms with Crippen molar-refractivity contribution in [2.45, 2.75) is 111 Å². The third kappa shape index (κ3) is 7.81. The zero-order chi connectivity index (χ0) is 25.1. The van der Waals surface area contributed by atoms with Gasteiger partial charge in [-0.15, -0.1) is 0 Å². The van der Waals surface area contributed by atoms with Gasteiger partial charge in [0.05, 0.1) is 11.8 Å². The molecular weight excluding hydrogens is 440 g/mol. The second-order valence-corrected chi connectivity index (χ2v) is 9.55. The lowest BCUT2D eigenvalue weighted by Gasteiger charge is -2.18. The zero-order valence-electron chi connectivity index (χ0n) is 20.9. The van der Waals surface area contributed by atoms with Crippen molar-refractivity contribution >= 4 is 29.8 Å². The molecule has 0 spiro atoms. The molecule has 3 atom stereocenters. The highest BCUT2D eigenvalue weighted by Crippen LogP contribution is 2.31. The summed E-state index contributed by atoms with van der Waals surface area (Å²) in [4.78, 5) is 70.3. The molecule has 34 heavy (non-hydrogen) atoms. The van der Waals surface area contributed by atoms with E-state index in [0.717, 1.165) is 19.3 Å². The number of nitrogens with zero attached hydrogens (tertiary/aromatic N) is 2. The second-order valence-electron chi connectivity index (χ2n) is 9.55. The lowest BCUT2D eigenvalue weighted by molar-refractivity contribution is -0.199. The molecule has 9 nitrogen and oxygen atoms in total. The van der Waals surface area contributed by atoms with Gasteiger partial charge in [0.2, 0.25) is 0 Å². The van der Waals surface area contributed by atoms with Gasteiger partial charge in [-0.3, -0.25) is 28.9 Å². The van der Waals surface area contributed by atoms with E-state index in [-0.39, 0.29) is 18.8 Å². The maximum absolute atomic E-state index is 12.7. The molecule has 2 heterocycles. The Hall–Kier alpha value is -2.45. The van der Waals surface area contributed by atoms with Gasteiger partial charge in [-0.25, -0.2) is 0 Å². The number of hydroxylamine groups is 4. The number of carbonyl (C=O) groups is 5. The van der Waals surface area contributed by atoms with Crippen LogP contribution in [0.15, 0.2) is 0 Å². The van der Waals surface area contributed by atoms with Crippen molar-refractivity contribution in [3.8, 4) is 0 Å². The first-order chi connectivity index (χ1) is 16.3. The lowest BCUT2D eigenvalue weighted by Crippen LogP contribution is -2.39. The molecule has 4 amide bonds. The van der Waals surface area contributed by atoms with Crippen LogP contribution in [-0.4, -0.2) is 39.9 Å². The molecule has 192 valence electrons. The fourth-order valence-corrected chi connectivity index (χ4v) is 4.58. The second kappa shape index (κ2) is 14.1. The van der Waals surface area contributed by atoms with E-state index in [0.29, 0.717) is 16.5 Å². The lowest BCUT2D eigenvalue weighted by atomic mass is 9.88. The van der Waals surface area contributed by atoms with Crippen molar-refractivity contribution in [3.05, 3.63) is 0 Å². The number of rotatable bonds is 15. The van der Waals surface area contributed by atoms with Gasteiger partial charge in [0.1, 0.15) is 0 Å². The van der Waals surface area contributed by atoms with E-state index in [1.807, 2.05) is 6.92 Å². The fourth-order valence-electron chi connectivity index (χ4n) is 4.58. The van der Waals surface area contributed by atoms with Crippen LogP contribution in [-0.2, 0) is 28.9 Å². The van der Waals surface area contributed by atoms with E-state index in [4.69, 9.17) is 4.84 Å². The Balaban J connectivity index is 1.68. The average Bonchev–Trinajstić information content (AvgIpc) is 3.24. The molecule has 2 aliphatic heterocycles. The van der Waals surface area contributed by atoms with Crippen LogP contribution in [0.2, 0.25) is 0 Å². The Morgan fingerprint density at radius 3 is 1.82 bits per heavy atom. The van der Waals surface area contributed by atoms with Gasteiger partial charge in [-0.05, 0) is 18.8 Å². The molecule has 2 rings (SSSR count). The van der Waals surface area contributed by atoms with E-state index in [9.17, 15) is 24.0 Å². The van der Waals surface area contributed by atoms with E-state index in [1.165, 1.54) is 51.4 Å². The molecule has 3 unspecified atom stereocenters. The van der Waals surface area contributed by atoms with Crippen LogP contribution in [0.5, 0.6) is 0 Å². The molecule has 9 heteroatoms. The molecule has 0 aromatic heterocycles. The molecule has 2 saturated heterocycles. The maximum atomic E-state index is 12.7. The Labute approximate surface area is 202 Å². The molecule has 2 fully saturated rings. The number of hydrogen-bond donors (Lipinski definition) is 0. The van der Waals surface area contributed by atoms with Crippen molar-refractivity contribution in [1.82, 2.24) is 10.1 Å². The molecule has 0 aromatic rings. The van der Waals surface area contributed by atoms with Crippen LogP contribution >= 0.6 is 0 Å². The van der Waals surface area contributed by atoms with Gasteiger partial charge < -0.3 is 0 Å². The summed E-state index contributed by atoms with van der Waals surface area (Å²) in [6.45, 7) is 5.89. The smallest absolute Gasteiger partial charge is 0.293 e. The van der Waals surface area contributed by atoms with Gasteiger partial charge in [0.25, 0.3) is 23.6 Å². The van der Waals surface area contributed by atoms with Crippen LogP contribution < -0.4 is 0 Å². The summed E-state index contributed by atoms with van der Waals surface area (Å²) in [5.41, 5.74) is 0. The molecule has 0 aromatic carbocycles. The van der Waals surface area contributed by atoms with Crippen LogP contribution in [0, 0.1) is 17.8 Å². The SMILES string of the molecule is CCCCCCCCCCCCC(C)C1CC(=O)N(OC(=O)ON2C(=O)CC(CC)C2=O)C1=O. The van der Waals surface area contributed by atoms with E-state index in [2.05, 4.69) is 11.8 Å². The van der Waals surface area contributed by atoms with Gasteiger partial charge >= 0.3 is 6.16 Å². The largest absolute Gasteiger partial charge is 0.560 e. The van der Waals surface area contributed by atoms with Crippen LogP contribution in [0.25, 0.3) is 0 Å². The first kappa shape index (κ1) is 27.8. The van der Waals surface area contributed by atoms with Crippen molar-refractivity contribution in [3.63, 3.8) is 0 Å². The summed E-state index contributed by atoms with van der Waals surface area (Å²) in [5.74, 6) is -3.64. The summed E-state index contributed by atoms with van der Waals surface area (Å²) in [6, 6.07) is 0. The van der Waals surface area contributed by atoms with Gasteiger partial charge in [0.15, 0.2) is 0 Å². The standard InChI is InChI=1S/C25H40N2O7/c1-4-6-7-8-9-10-11-12-13-14-15-18(3)20-17-22(29)27(24(20)31)34-25(32)33-26-21(28)16-19(5-2)23(26)30/h18-20H,4-17H2,1-3H3. The highest BCUT2D eigenvalue weighted by molar-refractivity contribution is 6.04. The molecular formula is C25H40N2O7. The highest BCUT2D eigenvalue weighted by Gasteiger charge is 2.46. The summed E-state index contributed by atoms with van der Waals surface area (Å²) in [5, 5.41) is 0.761. The van der Waals surface area contributed by atoms with Crippen LogP contribution in [0.4, 0.5) is 4.79 Å². The third-order valence-corrected chi connectivity index (χ3v) is 6.86. The quantitative estimate of drug-likeness (QED) is 0.237. The maximum Gasteiger partial charge on any atom is 0.560 e. The summed E-state index contributed by atoms with van der Waals surface area (Å²) in [7, 11) is 0. The Morgan fingerprint density at radius 2 is 1.29 bits per heavy atom. The van der Waals surface area contributed by atoms with Crippen molar-refractivity contribution in [2.24, 2.45) is 17.8 Å². The van der Waals surface area contributed by atoms with E-state index in [1.54, 1.807) is 6.92 Å². The predicted octanol–water partition coefficient (Wildman–Crippen LogP) is 5.08. The topological polar surface area (TPSA) is 110 Å². The highest BCUT2D eigenvalue weighted by atomic mass is 16.9. The van der Waals surface area contributed by atoms with Crippen molar-refractivity contribution < 1.29 is 33.6 Å². The van der Waals surface area contributed by atoms with Gasteiger partial charge in [-0.2, -0.15) is 4.79 Å². The molecule has 0 saturated carbocycles. The van der Waals surface area contributed by atoms with Crippen LogP contribution in [0.1, 0.15) is 111 Å². The number of hydrogen-bond acceptors (Lipinski definition) is 7. The molecule has 0 aliphatic carbocycles. The van der Waals surface area contributed by atoms with E-state index >= 15 is 0 Å².